The zero-order valence-corrected chi connectivity index (χ0v) is 23.4. The third-order valence-corrected chi connectivity index (χ3v) is 10.1. The number of amides is 1. The van der Waals surface area contributed by atoms with E-state index >= 15 is 0 Å². The first-order valence-corrected chi connectivity index (χ1v) is 15.3. The van der Waals surface area contributed by atoms with Gasteiger partial charge >= 0.3 is 12.4 Å². The van der Waals surface area contributed by atoms with Gasteiger partial charge in [0, 0.05) is 32.7 Å². The van der Waals surface area contributed by atoms with E-state index in [9.17, 15) is 31.1 Å². The third-order valence-electron chi connectivity index (χ3n) is 10.1. The SMILES string of the molecule is CN(CCC1CC(C(F)(F)F)CC(C(F)(F)F)C1)C(=O)C(C1CCCCC1)N1CCC(N2CCCCC2)CC1. The minimum Gasteiger partial charge on any atom is -0.344 e. The van der Waals surface area contributed by atoms with Crippen LogP contribution in [0.5, 0.6) is 0 Å². The second-order valence-corrected chi connectivity index (χ2v) is 12.8. The molecule has 3 atom stereocenters. The van der Waals surface area contributed by atoms with Crippen LogP contribution < -0.4 is 0 Å². The van der Waals surface area contributed by atoms with Crippen molar-refractivity contribution in [1.29, 1.82) is 0 Å². The molecule has 39 heavy (non-hydrogen) atoms. The lowest BCUT2D eigenvalue weighted by Gasteiger charge is -2.45. The molecule has 4 rings (SSSR count). The number of hydrogen-bond acceptors (Lipinski definition) is 3. The van der Waals surface area contributed by atoms with E-state index in [2.05, 4.69) is 9.80 Å². The van der Waals surface area contributed by atoms with Crippen molar-refractivity contribution in [3.05, 3.63) is 0 Å². The van der Waals surface area contributed by atoms with Gasteiger partial charge in [-0.05, 0) is 89.1 Å². The summed E-state index contributed by atoms with van der Waals surface area (Å²) in [7, 11) is 1.68. The summed E-state index contributed by atoms with van der Waals surface area (Å²) in [5.74, 6) is -4.30. The Bertz CT molecular complexity index is 748. The van der Waals surface area contributed by atoms with E-state index in [4.69, 9.17) is 0 Å². The molecule has 1 amide bonds. The Kier molecular flexibility index (Phi) is 10.5. The van der Waals surface area contributed by atoms with Gasteiger partial charge in [-0.15, -0.1) is 0 Å². The first-order valence-electron chi connectivity index (χ1n) is 15.3. The van der Waals surface area contributed by atoms with Gasteiger partial charge in [-0.25, -0.2) is 0 Å². The molecular weight excluding hydrogens is 520 g/mol. The van der Waals surface area contributed by atoms with Crippen molar-refractivity contribution < 1.29 is 31.1 Å². The van der Waals surface area contributed by atoms with E-state index in [0.29, 0.717) is 6.04 Å². The second kappa shape index (κ2) is 13.3. The van der Waals surface area contributed by atoms with Gasteiger partial charge in [0.1, 0.15) is 0 Å². The molecule has 3 unspecified atom stereocenters. The molecule has 0 N–H and O–H groups in total. The Morgan fingerprint density at radius 2 is 1.31 bits per heavy atom. The molecule has 226 valence electrons. The van der Waals surface area contributed by atoms with Gasteiger partial charge in [0.15, 0.2) is 0 Å². The summed E-state index contributed by atoms with van der Waals surface area (Å²) in [4.78, 5) is 20.4. The summed E-state index contributed by atoms with van der Waals surface area (Å²) in [6, 6.07) is 0.325. The van der Waals surface area contributed by atoms with Crippen LogP contribution in [0, 0.1) is 23.7 Å². The Hall–Kier alpha value is -1.03. The minimum absolute atomic E-state index is 0.00567. The summed E-state index contributed by atoms with van der Waals surface area (Å²) in [5, 5.41) is 0. The molecule has 10 heteroatoms. The topological polar surface area (TPSA) is 26.8 Å². The molecule has 0 aromatic carbocycles. The Morgan fingerprint density at radius 3 is 1.85 bits per heavy atom. The van der Waals surface area contributed by atoms with Crippen molar-refractivity contribution in [2.75, 3.05) is 39.8 Å². The van der Waals surface area contributed by atoms with E-state index in [0.717, 1.165) is 64.7 Å². The second-order valence-electron chi connectivity index (χ2n) is 12.8. The molecule has 0 bridgehead atoms. The van der Waals surface area contributed by atoms with Crippen LogP contribution in [0.25, 0.3) is 0 Å². The molecule has 4 nitrogen and oxygen atoms in total. The third kappa shape index (κ3) is 8.26. The first-order chi connectivity index (χ1) is 18.4. The van der Waals surface area contributed by atoms with Crippen LogP contribution in [0.1, 0.15) is 89.9 Å². The summed E-state index contributed by atoms with van der Waals surface area (Å²) in [6.45, 7) is 4.25. The average molecular weight is 568 g/mol. The highest BCUT2D eigenvalue weighted by molar-refractivity contribution is 5.82. The lowest BCUT2D eigenvalue weighted by molar-refractivity contribution is -0.229. The van der Waals surface area contributed by atoms with E-state index in [1.807, 2.05) is 0 Å². The Labute approximate surface area is 229 Å². The Morgan fingerprint density at radius 1 is 0.769 bits per heavy atom. The normalized spacial score (nSPS) is 30.3. The molecule has 0 spiro atoms. The lowest BCUT2D eigenvalue weighted by Crippen LogP contribution is -2.56. The van der Waals surface area contributed by atoms with Crippen molar-refractivity contribution >= 4 is 5.91 Å². The summed E-state index contributed by atoms with van der Waals surface area (Å²) >= 11 is 0. The number of rotatable bonds is 7. The summed E-state index contributed by atoms with van der Waals surface area (Å²) in [5.41, 5.74) is 0. The number of hydrogen-bond donors (Lipinski definition) is 0. The summed E-state index contributed by atoms with van der Waals surface area (Å²) < 4.78 is 80.6. The number of halogens is 6. The molecule has 4 fully saturated rings. The molecule has 2 saturated heterocycles. The van der Waals surface area contributed by atoms with Crippen LogP contribution in [0.4, 0.5) is 26.3 Å². The first kappa shape index (κ1) is 30.9. The van der Waals surface area contributed by atoms with Gasteiger partial charge in [0.2, 0.25) is 5.91 Å². The molecule has 2 aliphatic heterocycles. The quantitative estimate of drug-likeness (QED) is 0.314. The van der Waals surface area contributed by atoms with Gasteiger partial charge in [-0.1, -0.05) is 25.7 Å². The van der Waals surface area contributed by atoms with E-state index in [1.165, 1.54) is 25.7 Å². The van der Waals surface area contributed by atoms with Crippen molar-refractivity contribution in [1.82, 2.24) is 14.7 Å². The van der Waals surface area contributed by atoms with Gasteiger partial charge in [0.25, 0.3) is 0 Å². The predicted octanol–water partition coefficient (Wildman–Crippen LogP) is 6.89. The van der Waals surface area contributed by atoms with Crippen LogP contribution >= 0.6 is 0 Å². The molecule has 0 aromatic heterocycles. The maximum Gasteiger partial charge on any atom is 0.391 e. The number of piperidine rings is 2. The number of carbonyl (C=O) groups is 1. The highest BCUT2D eigenvalue weighted by atomic mass is 19.4. The van der Waals surface area contributed by atoms with Crippen LogP contribution in [0.3, 0.4) is 0 Å². The lowest BCUT2D eigenvalue weighted by atomic mass is 9.73. The smallest absolute Gasteiger partial charge is 0.344 e. The van der Waals surface area contributed by atoms with Crippen molar-refractivity contribution in [3.8, 4) is 0 Å². The highest BCUT2D eigenvalue weighted by Crippen LogP contribution is 2.48. The van der Waals surface area contributed by atoms with Crippen molar-refractivity contribution in [3.63, 3.8) is 0 Å². The van der Waals surface area contributed by atoms with Crippen molar-refractivity contribution in [2.24, 2.45) is 23.7 Å². The fourth-order valence-electron chi connectivity index (χ4n) is 7.84. The molecule has 2 aliphatic carbocycles. The Balaban J connectivity index is 1.37. The number of alkyl halides is 6. The number of nitrogens with zero attached hydrogens (tertiary/aromatic N) is 3. The van der Waals surface area contributed by atoms with E-state index in [-0.39, 0.29) is 43.7 Å². The average Bonchev–Trinajstić information content (AvgIpc) is 2.92. The predicted molar refractivity (Wildman–Crippen MR) is 139 cm³/mol. The largest absolute Gasteiger partial charge is 0.391 e. The fourth-order valence-corrected chi connectivity index (χ4v) is 7.84. The zero-order valence-electron chi connectivity index (χ0n) is 23.4. The number of likely N-dealkylation sites (N-methyl/N-ethyl adjacent to an activating group) is 1. The maximum absolute atomic E-state index is 13.9. The van der Waals surface area contributed by atoms with Crippen LogP contribution in [-0.2, 0) is 4.79 Å². The molecule has 0 aromatic rings. The van der Waals surface area contributed by atoms with Crippen LogP contribution in [0.15, 0.2) is 0 Å². The summed E-state index contributed by atoms with van der Waals surface area (Å²) in [6.07, 6.45) is 0.732. The fraction of sp³-hybridized carbons (Fsp3) is 0.966. The number of carbonyl (C=O) groups excluding carboxylic acids is 1. The zero-order chi connectivity index (χ0) is 28.2. The van der Waals surface area contributed by atoms with Gasteiger partial charge in [0.05, 0.1) is 17.9 Å². The van der Waals surface area contributed by atoms with Crippen LogP contribution in [0.2, 0.25) is 0 Å². The molecular formula is C29H47F6N3O. The van der Waals surface area contributed by atoms with Crippen LogP contribution in [-0.4, -0.2) is 84.8 Å². The van der Waals surface area contributed by atoms with Crippen molar-refractivity contribution in [2.45, 2.75) is 114 Å². The van der Waals surface area contributed by atoms with E-state index in [1.54, 1.807) is 11.9 Å². The minimum atomic E-state index is -4.63. The maximum atomic E-state index is 13.9. The van der Waals surface area contributed by atoms with Gasteiger partial charge in [-0.3, -0.25) is 9.69 Å². The van der Waals surface area contributed by atoms with Gasteiger partial charge in [-0.2, -0.15) is 26.3 Å². The highest BCUT2D eigenvalue weighted by Gasteiger charge is 2.51. The van der Waals surface area contributed by atoms with E-state index < -0.39 is 36.5 Å². The molecule has 2 heterocycles. The molecule has 0 radical (unpaired) electrons. The molecule has 4 aliphatic rings. The standard InChI is InChI=1S/C29H47F6N3O/c1-36(15-10-21-18-23(28(30,31)32)20-24(19-21)29(33,34)35)27(39)26(22-8-4-2-5-9-22)38-16-11-25(12-17-38)37-13-6-3-7-14-37/h21-26H,2-20H2,1H3. The van der Waals surface area contributed by atoms with Gasteiger partial charge < -0.3 is 9.80 Å². The number of likely N-dealkylation sites (tertiary alicyclic amines) is 2. The monoisotopic (exact) mass is 567 g/mol. The molecule has 2 saturated carbocycles.